The van der Waals surface area contributed by atoms with E-state index in [4.69, 9.17) is 4.74 Å². The van der Waals surface area contributed by atoms with Crippen molar-refractivity contribution in [2.24, 2.45) is 0 Å². The number of anilines is 3. The van der Waals surface area contributed by atoms with Crippen LogP contribution in [0.25, 0.3) is 0 Å². The van der Waals surface area contributed by atoms with Crippen molar-refractivity contribution in [3.8, 4) is 11.5 Å². The third-order valence-corrected chi connectivity index (χ3v) is 7.61. The molecule has 0 spiro atoms. The summed E-state index contributed by atoms with van der Waals surface area (Å²) in [6.07, 6.45) is 1.12. The number of ether oxygens (including phenoxy) is 1. The van der Waals surface area contributed by atoms with Crippen molar-refractivity contribution in [2.75, 3.05) is 15.9 Å². The molecule has 0 aliphatic carbocycles. The van der Waals surface area contributed by atoms with E-state index in [1.807, 2.05) is 0 Å². The van der Waals surface area contributed by atoms with E-state index in [2.05, 4.69) is 5.32 Å². The molecule has 1 amide bonds. The van der Waals surface area contributed by atoms with E-state index in [9.17, 15) is 35.7 Å². The van der Waals surface area contributed by atoms with Crippen LogP contribution in [0.2, 0.25) is 0 Å². The summed E-state index contributed by atoms with van der Waals surface area (Å²) in [6.45, 7) is 0.171. The van der Waals surface area contributed by atoms with Crippen LogP contribution in [0.1, 0.15) is 15.9 Å². The third kappa shape index (κ3) is 6.94. The van der Waals surface area contributed by atoms with Crippen molar-refractivity contribution in [3.05, 3.63) is 108 Å². The number of hydrogen-bond donors (Lipinski definition) is 3. The van der Waals surface area contributed by atoms with Crippen LogP contribution in [0, 0.1) is 5.82 Å². The van der Waals surface area contributed by atoms with Crippen LogP contribution in [0.3, 0.4) is 0 Å². The zero-order chi connectivity index (χ0) is 29.1. The molecule has 0 saturated heterocycles. The Balaban J connectivity index is 1.46. The van der Waals surface area contributed by atoms with Crippen molar-refractivity contribution in [2.45, 2.75) is 11.5 Å². The number of nitrogens with one attached hydrogen (secondary N) is 1. The molecule has 13 heteroatoms. The second-order valence-electron chi connectivity index (χ2n) is 8.61. The molecule has 0 aliphatic rings. The highest BCUT2D eigenvalue weighted by Crippen LogP contribution is 2.37. The van der Waals surface area contributed by atoms with Crippen LogP contribution >= 0.6 is 0 Å². The average molecular weight is 587 g/mol. The van der Waals surface area contributed by atoms with Crippen molar-refractivity contribution in [1.29, 1.82) is 0 Å². The summed E-state index contributed by atoms with van der Waals surface area (Å²) in [7, 11) is -8.24. The minimum Gasteiger partial charge on any atom is -0.506 e. The first-order valence-corrected chi connectivity index (χ1v) is 14.8. The van der Waals surface area contributed by atoms with Gasteiger partial charge in [-0.05, 0) is 84.4 Å². The van der Waals surface area contributed by atoms with Crippen LogP contribution in [0.5, 0.6) is 11.5 Å². The molecule has 3 N–H and O–H groups in total. The molecular weight excluding hydrogens is 563 g/mol. The van der Waals surface area contributed by atoms with E-state index in [1.54, 1.807) is 24.3 Å². The summed E-state index contributed by atoms with van der Waals surface area (Å²) in [6, 6.07) is 20.2. The molecule has 0 bridgehead atoms. The van der Waals surface area contributed by atoms with Crippen LogP contribution < -0.4 is 14.4 Å². The second-order valence-corrected chi connectivity index (χ2v) is 11.9. The lowest BCUT2D eigenvalue weighted by molar-refractivity contribution is 0.102. The molecule has 0 heterocycles. The Morgan fingerprint density at radius 1 is 0.900 bits per heavy atom. The Kier molecular flexibility index (Phi) is 8.09. The smallest absolute Gasteiger partial charge is 0.364 e. The highest BCUT2D eigenvalue weighted by molar-refractivity contribution is 7.90. The maximum absolute atomic E-state index is 13.3. The molecular formula is C27H23FN2O8S2. The molecule has 4 aromatic rings. The first kappa shape index (κ1) is 28.5. The molecule has 10 nitrogen and oxygen atoms in total. The molecule has 0 aromatic heterocycles. The predicted octanol–water partition coefficient (Wildman–Crippen LogP) is 4.71. The van der Waals surface area contributed by atoms with Gasteiger partial charge in [-0.3, -0.25) is 9.35 Å². The third-order valence-electron chi connectivity index (χ3n) is 5.62. The Morgan fingerprint density at radius 2 is 1.52 bits per heavy atom. The fourth-order valence-corrected chi connectivity index (χ4v) is 5.06. The Bertz CT molecular complexity index is 1740. The van der Waals surface area contributed by atoms with Gasteiger partial charge in [0, 0.05) is 17.5 Å². The highest BCUT2D eigenvalue weighted by Gasteiger charge is 2.25. The Morgan fingerprint density at radius 3 is 2.10 bits per heavy atom. The minimum absolute atomic E-state index is 0.103. The molecule has 0 aliphatic heterocycles. The molecule has 4 aromatic carbocycles. The van der Waals surface area contributed by atoms with Gasteiger partial charge in [0.25, 0.3) is 5.91 Å². The van der Waals surface area contributed by atoms with Crippen molar-refractivity contribution >= 4 is 43.1 Å². The second kappa shape index (κ2) is 11.3. The zero-order valence-electron chi connectivity index (χ0n) is 20.9. The molecule has 40 heavy (non-hydrogen) atoms. The number of phenols is 1. The number of carbonyl (C=O) groups excluding carboxylic acids is 1. The van der Waals surface area contributed by atoms with Gasteiger partial charge in [0.1, 0.15) is 29.6 Å². The topological polar surface area (TPSA) is 150 Å². The van der Waals surface area contributed by atoms with Gasteiger partial charge in [-0.25, -0.2) is 17.1 Å². The van der Waals surface area contributed by atoms with E-state index >= 15 is 0 Å². The maximum atomic E-state index is 13.3. The molecule has 0 unspecified atom stereocenters. The fourth-order valence-electron chi connectivity index (χ4n) is 3.64. The van der Waals surface area contributed by atoms with Crippen LogP contribution in [-0.2, 0) is 26.7 Å². The predicted molar refractivity (Wildman–Crippen MR) is 146 cm³/mol. The van der Waals surface area contributed by atoms with Gasteiger partial charge in [0.05, 0.1) is 10.6 Å². The summed E-state index contributed by atoms with van der Waals surface area (Å²) < 4.78 is 76.6. The van der Waals surface area contributed by atoms with Crippen LogP contribution in [-0.4, -0.2) is 38.7 Å². The van der Waals surface area contributed by atoms with E-state index in [0.717, 1.165) is 48.2 Å². The van der Waals surface area contributed by atoms with Crippen LogP contribution in [0.4, 0.5) is 21.5 Å². The molecule has 0 atom stereocenters. The molecule has 0 radical (unpaired) electrons. The van der Waals surface area contributed by atoms with Gasteiger partial charge in [0.2, 0.25) is 0 Å². The standard InChI is InChI=1S/C27H23FN2O8S2/c1-39(33,34)24-13-2-18(3-14-24)17-38-23-11-4-19(5-12-23)27(32)29-21-8-15-26(31)25(16-21)30(40(35,36)37)22-9-6-20(28)7-10-22/h2-16,31H,17H2,1H3,(H,29,32)(H,35,36,37). The number of sulfone groups is 1. The molecule has 208 valence electrons. The summed E-state index contributed by atoms with van der Waals surface area (Å²) >= 11 is 0. The number of nitrogens with zero attached hydrogens (tertiary/aromatic N) is 1. The fraction of sp³-hybridized carbons (Fsp3) is 0.0741. The first-order valence-electron chi connectivity index (χ1n) is 11.5. The first-order chi connectivity index (χ1) is 18.8. The largest absolute Gasteiger partial charge is 0.506 e. The SMILES string of the molecule is CS(=O)(=O)c1ccc(COc2ccc(C(=O)Nc3ccc(O)c(N(c4ccc(F)cc4)S(=O)(=O)O)c3)cc2)cc1. The quantitative estimate of drug-likeness (QED) is 0.189. The van der Waals surface area contributed by atoms with E-state index < -0.39 is 37.6 Å². The van der Waals surface area contributed by atoms with Gasteiger partial charge in [-0.2, -0.15) is 8.42 Å². The summed E-state index contributed by atoms with van der Waals surface area (Å²) in [5.74, 6) is -1.25. The normalized spacial score (nSPS) is 11.6. The number of phenolic OH excluding ortho intramolecular Hbond substituents is 1. The average Bonchev–Trinajstić information content (AvgIpc) is 2.90. The Labute approximate surface area is 230 Å². The van der Waals surface area contributed by atoms with E-state index in [0.29, 0.717) is 10.1 Å². The number of hydrogen-bond acceptors (Lipinski definition) is 7. The van der Waals surface area contributed by atoms with Gasteiger partial charge >= 0.3 is 10.3 Å². The number of amides is 1. The number of benzene rings is 4. The monoisotopic (exact) mass is 586 g/mol. The van der Waals surface area contributed by atoms with Crippen molar-refractivity contribution in [3.63, 3.8) is 0 Å². The number of aromatic hydroxyl groups is 1. The van der Waals surface area contributed by atoms with Gasteiger partial charge in [0.15, 0.2) is 9.84 Å². The minimum atomic E-state index is -4.95. The van der Waals surface area contributed by atoms with Gasteiger partial charge < -0.3 is 15.2 Å². The maximum Gasteiger partial charge on any atom is 0.364 e. The van der Waals surface area contributed by atoms with Gasteiger partial charge in [-0.1, -0.05) is 12.1 Å². The summed E-state index contributed by atoms with van der Waals surface area (Å²) in [4.78, 5) is 13.0. The highest BCUT2D eigenvalue weighted by atomic mass is 32.2. The van der Waals surface area contributed by atoms with Crippen LogP contribution in [0.15, 0.2) is 95.9 Å². The number of halogens is 1. The van der Waals surface area contributed by atoms with Crippen molar-refractivity contribution < 1.29 is 40.4 Å². The Hall–Kier alpha value is -4.46. The number of rotatable bonds is 9. The van der Waals surface area contributed by atoms with Crippen molar-refractivity contribution in [1.82, 2.24) is 0 Å². The molecule has 0 fully saturated rings. The summed E-state index contributed by atoms with van der Waals surface area (Å²) in [5.41, 5.74) is 0.567. The zero-order valence-corrected chi connectivity index (χ0v) is 22.5. The summed E-state index contributed by atoms with van der Waals surface area (Å²) in [5, 5.41) is 12.9. The van der Waals surface area contributed by atoms with Gasteiger partial charge in [-0.15, -0.1) is 0 Å². The van der Waals surface area contributed by atoms with E-state index in [1.165, 1.54) is 30.3 Å². The lowest BCUT2D eigenvalue weighted by Gasteiger charge is -2.22. The number of carbonyl (C=O) groups is 1. The lowest BCUT2D eigenvalue weighted by atomic mass is 10.2. The lowest BCUT2D eigenvalue weighted by Crippen LogP contribution is -2.25. The molecule has 0 saturated carbocycles. The van der Waals surface area contributed by atoms with E-state index in [-0.39, 0.29) is 34.1 Å². The molecule has 4 rings (SSSR count).